The molecule has 1 saturated carbocycles. The maximum absolute atomic E-state index is 12.3. The summed E-state index contributed by atoms with van der Waals surface area (Å²) in [5.74, 6) is -1.67. The van der Waals surface area contributed by atoms with E-state index in [1.54, 1.807) is 0 Å². The number of alkyl halides is 3. The van der Waals surface area contributed by atoms with Gasteiger partial charge in [0.1, 0.15) is 5.75 Å². The molecule has 1 aliphatic rings. The van der Waals surface area contributed by atoms with Gasteiger partial charge < -0.3 is 15.6 Å². The lowest BCUT2D eigenvalue weighted by atomic mass is 9.61. The second kappa shape index (κ2) is 5.49. The van der Waals surface area contributed by atoms with Gasteiger partial charge in [0.2, 0.25) is 0 Å². The highest BCUT2D eigenvalue weighted by molar-refractivity contribution is 5.85. The number of ether oxygens (including phenoxy) is 1. The average molecular weight is 312 g/mol. The highest BCUT2D eigenvalue weighted by atomic mass is 35.5. The second-order valence-electron chi connectivity index (χ2n) is 4.60. The highest BCUT2D eigenvalue weighted by Gasteiger charge is 2.52. The smallest absolute Gasteiger partial charge is 0.481 e. The Morgan fingerprint density at radius 3 is 2.35 bits per heavy atom. The van der Waals surface area contributed by atoms with Crippen LogP contribution in [0.2, 0.25) is 0 Å². The SMILES string of the molecule is Cl.NC1CC(C(=O)O)(c2ccccc2OC(F)(F)F)C1. The van der Waals surface area contributed by atoms with E-state index in [4.69, 9.17) is 5.73 Å². The lowest BCUT2D eigenvalue weighted by molar-refractivity contribution is -0.275. The zero-order valence-electron chi connectivity index (χ0n) is 10.2. The van der Waals surface area contributed by atoms with Crippen LogP contribution >= 0.6 is 12.4 Å². The number of carbonyl (C=O) groups is 1. The summed E-state index contributed by atoms with van der Waals surface area (Å²) in [5.41, 5.74) is 4.21. The number of rotatable bonds is 3. The van der Waals surface area contributed by atoms with Crippen LogP contribution in [0.3, 0.4) is 0 Å². The molecule has 0 amide bonds. The van der Waals surface area contributed by atoms with Crippen LogP contribution < -0.4 is 10.5 Å². The zero-order valence-corrected chi connectivity index (χ0v) is 11.0. The molecule has 0 saturated heterocycles. The Kier molecular flexibility index (Phi) is 4.55. The van der Waals surface area contributed by atoms with Crippen LogP contribution in [0.4, 0.5) is 13.2 Å². The van der Waals surface area contributed by atoms with Gasteiger partial charge in [-0.1, -0.05) is 18.2 Å². The summed E-state index contributed by atoms with van der Waals surface area (Å²) in [7, 11) is 0. The minimum Gasteiger partial charge on any atom is -0.481 e. The first-order chi connectivity index (χ1) is 8.74. The molecule has 0 atom stereocenters. The topological polar surface area (TPSA) is 72.6 Å². The predicted molar refractivity (Wildman–Crippen MR) is 66.9 cm³/mol. The van der Waals surface area contributed by atoms with Crippen molar-refractivity contribution in [2.24, 2.45) is 5.73 Å². The van der Waals surface area contributed by atoms with E-state index in [-0.39, 0.29) is 36.9 Å². The van der Waals surface area contributed by atoms with Crippen LogP contribution in [0.5, 0.6) is 5.75 Å². The maximum atomic E-state index is 12.3. The summed E-state index contributed by atoms with van der Waals surface area (Å²) >= 11 is 0. The first-order valence-electron chi connectivity index (χ1n) is 5.59. The third-order valence-electron chi connectivity index (χ3n) is 3.26. The van der Waals surface area contributed by atoms with Gasteiger partial charge in [-0.05, 0) is 18.9 Å². The van der Waals surface area contributed by atoms with E-state index in [9.17, 15) is 23.1 Å². The Bertz CT molecular complexity index is 501. The molecule has 0 aliphatic heterocycles. The number of hydrogen-bond donors (Lipinski definition) is 2. The minimum atomic E-state index is -4.86. The number of carboxylic acids is 1. The molecular weight excluding hydrogens is 299 g/mol. The molecule has 1 aliphatic carbocycles. The summed E-state index contributed by atoms with van der Waals surface area (Å²) in [5, 5.41) is 9.29. The van der Waals surface area contributed by atoms with E-state index >= 15 is 0 Å². The van der Waals surface area contributed by atoms with Gasteiger partial charge in [0.25, 0.3) is 0 Å². The minimum absolute atomic E-state index is 0. The molecule has 3 N–H and O–H groups in total. The molecule has 1 aromatic carbocycles. The van der Waals surface area contributed by atoms with Crippen LogP contribution in [-0.2, 0) is 10.2 Å². The number of nitrogens with two attached hydrogens (primary N) is 1. The molecule has 0 bridgehead atoms. The Morgan fingerprint density at radius 2 is 1.90 bits per heavy atom. The van der Waals surface area contributed by atoms with Gasteiger partial charge in [-0.15, -0.1) is 25.6 Å². The van der Waals surface area contributed by atoms with Gasteiger partial charge >= 0.3 is 12.3 Å². The van der Waals surface area contributed by atoms with Crippen molar-refractivity contribution in [1.29, 1.82) is 0 Å². The lowest BCUT2D eigenvalue weighted by Crippen LogP contribution is -2.54. The Morgan fingerprint density at radius 1 is 1.35 bits per heavy atom. The van der Waals surface area contributed by atoms with Gasteiger partial charge in [0, 0.05) is 11.6 Å². The van der Waals surface area contributed by atoms with Gasteiger partial charge in [0.15, 0.2) is 0 Å². The Hall–Kier alpha value is -1.47. The van der Waals surface area contributed by atoms with Gasteiger partial charge in [0.05, 0.1) is 5.41 Å². The van der Waals surface area contributed by atoms with Crippen molar-refractivity contribution in [3.05, 3.63) is 29.8 Å². The second-order valence-corrected chi connectivity index (χ2v) is 4.60. The monoisotopic (exact) mass is 311 g/mol. The summed E-state index contributed by atoms with van der Waals surface area (Å²) in [4.78, 5) is 11.4. The fourth-order valence-corrected chi connectivity index (χ4v) is 2.42. The van der Waals surface area contributed by atoms with Crippen molar-refractivity contribution in [1.82, 2.24) is 0 Å². The third kappa shape index (κ3) is 2.99. The largest absolute Gasteiger partial charge is 0.573 e. The summed E-state index contributed by atoms with van der Waals surface area (Å²) in [6, 6.07) is 4.96. The number of carboxylic acid groups (broad SMARTS) is 1. The maximum Gasteiger partial charge on any atom is 0.573 e. The fraction of sp³-hybridized carbons (Fsp3) is 0.417. The summed E-state index contributed by atoms with van der Waals surface area (Å²) in [6.45, 7) is 0. The van der Waals surface area contributed by atoms with Crippen LogP contribution in [0.15, 0.2) is 24.3 Å². The normalized spacial score (nSPS) is 25.3. The van der Waals surface area contributed by atoms with E-state index in [0.29, 0.717) is 0 Å². The van der Waals surface area contributed by atoms with E-state index in [1.807, 2.05) is 0 Å². The number of benzene rings is 1. The van der Waals surface area contributed by atoms with Gasteiger partial charge in [-0.25, -0.2) is 0 Å². The van der Waals surface area contributed by atoms with E-state index in [0.717, 1.165) is 6.07 Å². The molecule has 0 spiro atoms. The number of hydrogen-bond acceptors (Lipinski definition) is 3. The Labute approximate surface area is 119 Å². The quantitative estimate of drug-likeness (QED) is 0.899. The average Bonchev–Trinajstić information content (AvgIpc) is 2.23. The standard InChI is InChI=1S/C12H12F3NO3.ClH/c13-12(14,15)19-9-4-2-1-3-8(9)11(10(17)18)5-7(16)6-11;/h1-4,7H,5-6,16H2,(H,17,18);1H. The number of halogens is 4. The van der Waals surface area contributed by atoms with Crippen molar-refractivity contribution < 1.29 is 27.8 Å². The fourth-order valence-electron chi connectivity index (χ4n) is 2.42. The Balaban J connectivity index is 0.00000200. The van der Waals surface area contributed by atoms with Crippen LogP contribution in [-0.4, -0.2) is 23.5 Å². The van der Waals surface area contributed by atoms with E-state index in [2.05, 4.69) is 4.74 Å². The molecule has 4 nitrogen and oxygen atoms in total. The predicted octanol–water partition coefficient (Wildman–Crippen LogP) is 2.45. The van der Waals surface area contributed by atoms with Crippen molar-refractivity contribution in [3.63, 3.8) is 0 Å². The third-order valence-corrected chi connectivity index (χ3v) is 3.26. The van der Waals surface area contributed by atoms with Crippen molar-refractivity contribution in [3.8, 4) is 5.75 Å². The molecular formula is C12H13ClF3NO3. The highest BCUT2D eigenvalue weighted by Crippen LogP contribution is 2.47. The molecule has 0 radical (unpaired) electrons. The summed E-state index contributed by atoms with van der Waals surface area (Å²) in [6.07, 6.45) is -4.66. The van der Waals surface area contributed by atoms with Gasteiger partial charge in [-0.2, -0.15) is 0 Å². The molecule has 2 rings (SSSR count). The molecule has 8 heteroatoms. The summed E-state index contributed by atoms with van der Waals surface area (Å²) < 4.78 is 40.8. The van der Waals surface area contributed by atoms with Crippen molar-refractivity contribution in [2.75, 3.05) is 0 Å². The first-order valence-corrected chi connectivity index (χ1v) is 5.59. The van der Waals surface area contributed by atoms with Crippen molar-refractivity contribution in [2.45, 2.75) is 30.7 Å². The zero-order chi connectivity index (χ0) is 14.3. The van der Waals surface area contributed by atoms with E-state index < -0.39 is 23.5 Å². The van der Waals surface area contributed by atoms with Crippen molar-refractivity contribution >= 4 is 18.4 Å². The molecule has 0 unspecified atom stereocenters. The van der Waals surface area contributed by atoms with Gasteiger partial charge in [-0.3, -0.25) is 4.79 Å². The molecule has 112 valence electrons. The van der Waals surface area contributed by atoms with Crippen LogP contribution in [0.1, 0.15) is 18.4 Å². The molecule has 1 fully saturated rings. The molecule has 0 aromatic heterocycles. The molecule has 0 heterocycles. The molecule has 1 aromatic rings. The van der Waals surface area contributed by atoms with E-state index in [1.165, 1.54) is 18.2 Å². The lowest BCUT2D eigenvalue weighted by Gasteiger charge is -2.43. The first kappa shape index (κ1) is 16.6. The van der Waals surface area contributed by atoms with Crippen LogP contribution in [0.25, 0.3) is 0 Å². The number of aliphatic carboxylic acids is 1. The van der Waals surface area contributed by atoms with Crippen LogP contribution in [0, 0.1) is 0 Å². The number of para-hydroxylation sites is 1. The molecule has 20 heavy (non-hydrogen) atoms.